The molecule has 1 aliphatic carbocycles. The minimum atomic E-state index is -1.36. The molecule has 1 saturated heterocycles. The van der Waals surface area contributed by atoms with Crippen molar-refractivity contribution in [3.05, 3.63) is 36.3 Å². The van der Waals surface area contributed by atoms with Crippen LogP contribution in [0.25, 0.3) is 4.91 Å². The van der Waals surface area contributed by atoms with E-state index in [9.17, 15) is 9.32 Å². The molecule has 9 nitrogen and oxygen atoms in total. The first-order valence-electron chi connectivity index (χ1n) is 10.6. The Morgan fingerprint density at radius 2 is 2.12 bits per heavy atom. The summed E-state index contributed by atoms with van der Waals surface area (Å²) in [5.41, 5.74) is 7.98. The van der Waals surface area contributed by atoms with Crippen LogP contribution in [0.2, 0.25) is 0 Å². The van der Waals surface area contributed by atoms with Crippen LogP contribution >= 0.6 is 11.8 Å². The second-order valence-corrected chi connectivity index (χ2v) is 11.1. The summed E-state index contributed by atoms with van der Waals surface area (Å²) in [4.78, 5) is 14.6. The Kier molecular flexibility index (Phi) is 6.79. The van der Waals surface area contributed by atoms with Crippen molar-refractivity contribution in [2.24, 2.45) is 5.92 Å². The van der Waals surface area contributed by atoms with Gasteiger partial charge in [-0.2, -0.15) is 0 Å². The Hall–Kier alpha value is -2.05. The molecule has 2 aromatic heterocycles. The van der Waals surface area contributed by atoms with Crippen LogP contribution in [0, 0.1) is 12.8 Å². The van der Waals surface area contributed by atoms with E-state index < -0.39 is 16.6 Å². The largest absolute Gasteiger partial charge is 0.397 e. The Morgan fingerprint density at radius 3 is 2.79 bits per heavy atom. The van der Waals surface area contributed by atoms with Crippen LogP contribution in [0.15, 0.2) is 35.1 Å². The molecule has 3 heterocycles. The molecule has 0 bridgehead atoms. The first-order valence-corrected chi connectivity index (χ1v) is 13.0. The monoisotopic (exact) mass is 491 g/mol. The first kappa shape index (κ1) is 24.1. The van der Waals surface area contributed by atoms with Gasteiger partial charge in [0.05, 0.1) is 46.1 Å². The zero-order valence-electron chi connectivity index (χ0n) is 19.1. The van der Waals surface area contributed by atoms with Crippen LogP contribution in [0.1, 0.15) is 31.5 Å². The summed E-state index contributed by atoms with van der Waals surface area (Å²) in [5.74, 6) is -0.273. The lowest BCUT2D eigenvalue weighted by atomic mass is 10.1. The number of aromatic nitrogens is 3. The lowest BCUT2D eigenvalue weighted by molar-refractivity contribution is -0.158. The summed E-state index contributed by atoms with van der Waals surface area (Å²) in [5, 5.41) is 13.6. The maximum Gasteiger partial charge on any atom is 0.220 e. The average molecular weight is 492 g/mol. The summed E-state index contributed by atoms with van der Waals surface area (Å²) < 4.78 is 24.4. The molecular weight excluding hydrogens is 462 g/mol. The molecule has 0 spiro atoms. The lowest BCUT2D eigenvalue weighted by Crippen LogP contribution is -2.35. The van der Waals surface area contributed by atoms with Crippen LogP contribution in [-0.2, 0) is 20.3 Å². The van der Waals surface area contributed by atoms with E-state index in [1.54, 1.807) is 18.6 Å². The first-order chi connectivity index (χ1) is 15.6. The van der Waals surface area contributed by atoms with E-state index in [4.69, 9.17) is 15.2 Å². The number of aliphatic hydroxyl groups excluding tert-OH is 1. The summed E-state index contributed by atoms with van der Waals surface area (Å²) in [6.07, 6.45) is 4.98. The number of nitrogens with zero attached hydrogens (tertiary/aromatic N) is 3. The molecule has 178 valence electrons. The Balaban J connectivity index is 1.69. The molecule has 2 aliphatic rings. The summed E-state index contributed by atoms with van der Waals surface area (Å²) in [6.45, 7) is 9.83. The highest BCUT2D eigenvalue weighted by Crippen LogP contribution is 2.44. The minimum Gasteiger partial charge on any atom is -0.397 e. The number of rotatable bonds is 7. The highest BCUT2D eigenvalue weighted by atomic mass is 32.2. The van der Waals surface area contributed by atoms with E-state index in [0.29, 0.717) is 34.1 Å². The molecule has 11 heteroatoms. The van der Waals surface area contributed by atoms with Crippen molar-refractivity contribution in [3.63, 3.8) is 0 Å². The second-order valence-electron chi connectivity index (χ2n) is 8.70. The van der Waals surface area contributed by atoms with Gasteiger partial charge >= 0.3 is 0 Å². The SMILES string of the molecule is C=C(Sc1ccncc1N)c1c(C)nc(S(C)=O)nc1N[C@@H]1C[C@H](CO)[C@H]2OC(C)(C)O[C@H]21. The number of hydrogen-bond donors (Lipinski definition) is 3. The van der Waals surface area contributed by atoms with Gasteiger partial charge in [0.25, 0.3) is 0 Å². The van der Waals surface area contributed by atoms with Gasteiger partial charge < -0.3 is 25.6 Å². The fourth-order valence-corrected chi connectivity index (χ4v) is 5.76. The zero-order chi connectivity index (χ0) is 23.9. The van der Waals surface area contributed by atoms with Gasteiger partial charge in [-0.3, -0.25) is 9.19 Å². The smallest absolute Gasteiger partial charge is 0.220 e. The molecule has 0 amide bonds. The lowest BCUT2D eigenvalue weighted by Gasteiger charge is -2.25. The van der Waals surface area contributed by atoms with Gasteiger partial charge in [0, 0.05) is 34.8 Å². The third-order valence-electron chi connectivity index (χ3n) is 5.79. The molecule has 4 N–H and O–H groups in total. The van der Waals surface area contributed by atoms with E-state index >= 15 is 0 Å². The molecular formula is C22H29N5O4S2. The van der Waals surface area contributed by atoms with Crippen LogP contribution < -0.4 is 11.1 Å². The standard InChI is InChI=1S/C22H29N5O4S2/c1-11-17(12(2)32-16-6-7-24-9-14(16)23)20(27-21(25-11)33(5)29)26-15-8-13(10-28)18-19(15)31-22(3,4)30-18/h6-7,9,13,15,18-19,28H,2,8,10,23H2,1,3-5H3,(H,25,26,27)/t13-,15-,18-,19+,33?/m1/s1. The van der Waals surface area contributed by atoms with Gasteiger partial charge in [-0.25, -0.2) is 9.97 Å². The molecule has 2 aromatic rings. The average Bonchev–Trinajstić information content (AvgIpc) is 3.22. The Morgan fingerprint density at radius 1 is 1.39 bits per heavy atom. The molecule has 0 radical (unpaired) electrons. The quantitative estimate of drug-likeness (QED) is 0.392. The number of aryl methyl sites for hydroxylation is 1. The van der Waals surface area contributed by atoms with E-state index in [0.717, 1.165) is 4.90 Å². The van der Waals surface area contributed by atoms with E-state index in [-0.39, 0.29) is 35.9 Å². The van der Waals surface area contributed by atoms with Gasteiger partial charge in [-0.1, -0.05) is 18.3 Å². The van der Waals surface area contributed by atoms with Crippen molar-refractivity contribution >= 4 is 39.0 Å². The van der Waals surface area contributed by atoms with Crippen molar-refractivity contribution in [3.8, 4) is 0 Å². The number of nitrogens with two attached hydrogens (primary N) is 1. The normalized spacial score (nSPS) is 26.7. The molecule has 33 heavy (non-hydrogen) atoms. The topological polar surface area (TPSA) is 132 Å². The predicted octanol–water partition coefficient (Wildman–Crippen LogP) is 2.58. The zero-order valence-corrected chi connectivity index (χ0v) is 20.7. The van der Waals surface area contributed by atoms with E-state index in [2.05, 4.69) is 26.8 Å². The minimum absolute atomic E-state index is 0.00253. The summed E-state index contributed by atoms with van der Waals surface area (Å²) in [7, 11) is -1.36. The third-order valence-corrected chi connectivity index (χ3v) is 7.53. The van der Waals surface area contributed by atoms with Crippen molar-refractivity contribution in [2.75, 3.05) is 23.9 Å². The van der Waals surface area contributed by atoms with Crippen molar-refractivity contribution < 1.29 is 18.8 Å². The van der Waals surface area contributed by atoms with Crippen LogP contribution in [0.4, 0.5) is 11.5 Å². The number of hydrogen-bond acceptors (Lipinski definition) is 10. The molecule has 4 rings (SSSR count). The molecule has 5 atom stereocenters. The van der Waals surface area contributed by atoms with Crippen molar-refractivity contribution in [1.82, 2.24) is 15.0 Å². The van der Waals surface area contributed by atoms with Gasteiger partial charge in [0.2, 0.25) is 5.16 Å². The number of pyridine rings is 1. The van der Waals surface area contributed by atoms with Crippen molar-refractivity contribution in [1.29, 1.82) is 0 Å². The highest BCUT2D eigenvalue weighted by molar-refractivity contribution is 8.08. The fourth-order valence-electron chi connectivity index (χ4n) is 4.37. The highest BCUT2D eigenvalue weighted by Gasteiger charge is 2.54. The molecule has 2 fully saturated rings. The van der Waals surface area contributed by atoms with E-state index in [1.807, 2.05) is 26.8 Å². The van der Waals surface area contributed by atoms with Gasteiger partial charge in [0.15, 0.2) is 5.79 Å². The second kappa shape index (κ2) is 9.30. The maximum atomic E-state index is 12.2. The van der Waals surface area contributed by atoms with Gasteiger partial charge in [0.1, 0.15) is 11.9 Å². The predicted molar refractivity (Wildman–Crippen MR) is 129 cm³/mol. The van der Waals surface area contributed by atoms with E-state index in [1.165, 1.54) is 11.8 Å². The number of nitrogens with one attached hydrogen (secondary N) is 1. The number of fused-ring (bicyclic) bond motifs is 1. The molecule has 0 aromatic carbocycles. The number of thioether (sulfide) groups is 1. The third kappa shape index (κ3) is 4.92. The number of nitrogen functional groups attached to an aromatic ring is 1. The maximum absolute atomic E-state index is 12.2. The van der Waals surface area contributed by atoms with Gasteiger partial charge in [-0.05, 0) is 33.3 Å². The van der Waals surface area contributed by atoms with Crippen LogP contribution in [0.5, 0.6) is 0 Å². The van der Waals surface area contributed by atoms with Gasteiger partial charge in [-0.15, -0.1) is 0 Å². The van der Waals surface area contributed by atoms with Crippen molar-refractivity contribution in [2.45, 2.75) is 61.3 Å². The summed E-state index contributed by atoms with van der Waals surface area (Å²) in [6, 6.07) is 1.66. The Bertz CT molecular complexity index is 1100. The summed E-state index contributed by atoms with van der Waals surface area (Å²) >= 11 is 1.40. The molecule has 1 aliphatic heterocycles. The van der Waals surface area contributed by atoms with Crippen LogP contribution in [-0.4, -0.2) is 61.2 Å². The number of anilines is 2. The fraction of sp³-hybridized carbons (Fsp3) is 0.500. The van der Waals surface area contributed by atoms with Crippen LogP contribution in [0.3, 0.4) is 0 Å². The Labute approximate surface area is 200 Å². The number of ether oxygens (including phenoxy) is 2. The molecule has 1 saturated carbocycles. The molecule has 1 unspecified atom stereocenters. The number of aliphatic hydroxyl groups is 1.